The molecule has 7 nitrogen and oxygen atoms in total. The van der Waals surface area contributed by atoms with Crippen LogP contribution in [-0.2, 0) is 14.3 Å². The molecule has 1 aliphatic rings. The summed E-state index contributed by atoms with van der Waals surface area (Å²) in [6.45, 7) is -0.438. The van der Waals surface area contributed by atoms with E-state index in [4.69, 9.17) is 16.3 Å². The molecular weight excluding hydrogens is 384 g/mol. The number of hydrogen-bond donors (Lipinski definition) is 1. The molecule has 1 saturated heterocycles. The number of esters is 1. The van der Waals surface area contributed by atoms with Gasteiger partial charge in [0.2, 0.25) is 5.91 Å². The first kappa shape index (κ1) is 19.6. The van der Waals surface area contributed by atoms with Crippen LogP contribution in [0.2, 0.25) is 5.02 Å². The molecule has 1 N–H and O–H groups in total. The van der Waals surface area contributed by atoms with E-state index in [0.29, 0.717) is 16.1 Å². The lowest BCUT2D eigenvalue weighted by molar-refractivity contribution is -0.147. The molecule has 8 heteroatoms. The molecule has 2 aromatic carbocycles. The third-order valence-electron chi connectivity index (χ3n) is 4.24. The topological polar surface area (TPSA) is 92.8 Å². The van der Waals surface area contributed by atoms with Gasteiger partial charge in [0.05, 0.1) is 12.5 Å². The fourth-order valence-electron chi connectivity index (χ4n) is 2.72. The predicted molar refractivity (Wildman–Crippen MR) is 100 cm³/mol. The maximum absolute atomic E-state index is 12.2. The van der Waals surface area contributed by atoms with Crippen LogP contribution in [0.5, 0.6) is 0 Å². The number of amides is 2. The summed E-state index contributed by atoms with van der Waals surface area (Å²) >= 11 is 5.77. The van der Waals surface area contributed by atoms with Crippen molar-refractivity contribution in [1.82, 2.24) is 10.4 Å². The van der Waals surface area contributed by atoms with Gasteiger partial charge in [-0.2, -0.15) is 0 Å². The minimum atomic E-state index is -0.749. The van der Waals surface area contributed by atoms with Crippen LogP contribution in [-0.4, -0.2) is 41.7 Å². The van der Waals surface area contributed by atoms with Gasteiger partial charge < -0.3 is 4.74 Å². The molecule has 0 radical (unpaired) electrons. The van der Waals surface area contributed by atoms with Crippen LogP contribution in [0.15, 0.2) is 54.6 Å². The minimum Gasteiger partial charge on any atom is -0.457 e. The molecule has 0 aliphatic carbocycles. The van der Waals surface area contributed by atoms with Crippen molar-refractivity contribution in [1.29, 1.82) is 0 Å². The normalized spacial score (nSPS) is 16.0. The lowest BCUT2D eigenvalue weighted by Crippen LogP contribution is -2.43. The van der Waals surface area contributed by atoms with Crippen molar-refractivity contribution in [2.24, 2.45) is 5.92 Å². The van der Waals surface area contributed by atoms with Gasteiger partial charge in [0.25, 0.3) is 5.91 Å². The van der Waals surface area contributed by atoms with Gasteiger partial charge >= 0.3 is 5.97 Å². The number of carbonyl (C=O) groups excluding carboxylic acids is 4. The first-order chi connectivity index (χ1) is 13.4. The molecule has 1 heterocycles. The van der Waals surface area contributed by atoms with Crippen molar-refractivity contribution in [3.05, 3.63) is 70.7 Å². The highest BCUT2D eigenvalue weighted by molar-refractivity contribution is 6.30. The van der Waals surface area contributed by atoms with Crippen LogP contribution in [0.1, 0.15) is 27.1 Å². The largest absolute Gasteiger partial charge is 0.457 e. The molecule has 1 aliphatic heterocycles. The molecule has 2 amide bonds. The Morgan fingerprint density at radius 2 is 1.71 bits per heavy atom. The Balaban J connectivity index is 1.51. The van der Waals surface area contributed by atoms with Crippen molar-refractivity contribution in [2.45, 2.75) is 6.42 Å². The number of nitrogens with one attached hydrogen (secondary N) is 1. The lowest BCUT2D eigenvalue weighted by Gasteiger charge is -2.17. The maximum atomic E-state index is 12.2. The molecule has 2 aromatic rings. The number of carbonyl (C=O) groups is 4. The monoisotopic (exact) mass is 400 g/mol. The van der Waals surface area contributed by atoms with E-state index >= 15 is 0 Å². The fourth-order valence-corrected chi connectivity index (χ4v) is 2.85. The van der Waals surface area contributed by atoms with E-state index in [1.165, 1.54) is 0 Å². The van der Waals surface area contributed by atoms with Gasteiger partial charge in [-0.25, -0.2) is 0 Å². The van der Waals surface area contributed by atoms with Gasteiger partial charge in [-0.15, -0.1) is 0 Å². The number of hydrogen-bond acceptors (Lipinski definition) is 5. The Morgan fingerprint density at radius 1 is 1.04 bits per heavy atom. The van der Waals surface area contributed by atoms with Crippen molar-refractivity contribution in [3.8, 4) is 0 Å². The number of ketones is 1. The van der Waals surface area contributed by atoms with E-state index < -0.39 is 30.3 Å². The second kappa shape index (κ2) is 8.67. The number of ether oxygens (including phenoxy) is 1. The van der Waals surface area contributed by atoms with Gasteiger partial charge in [-0.3, -0.25) is 29.6 Å². The zero-order chi connectivity index (χ0) is 20.1. The van der Waals surface area contributed by atoms with E-state index in [2.05, 4.69) is 5.43 Å². The summed E-state index contributed by atoms with van der Waals surface area (Å²) in [7, 11) is 0. The summed E-state index contributed by atoms with van der Waals surface area (Å²) in [6.07, 6.45) is -0.0942. The zero-order valence-corrected chi connectivity index (χ0v) is 15.5. The molecule has 0 aromatic heterocycles. The van der Waals surface area contributed by atoms with Crippen LogP contribution in [0.4, 0.5) is 0 Å². The Labute approximate surface area is 166 Å². The molecule has 1 fully saturated rings. The average molecular weight is 401 g/mol. The number of rotatable bonds is 6. The number of nitrogens with zero attached hydrogens (tertiary/aromatic N) is 1. The highest BCUT2D eigenvalue weighted by atomic mass is 35.5. The molecule has 28 heavy (non-hydrogen) atoms. The summed E-state index contributed by atoms with van der Waals surface area (Å²) in [5, 5.41) is 1.60. The van der Waals surface area contributed by atoms with Gasteiger partial charge in [-0.1, -0.05) is 29.8 Å². The van der Waals surface area contributed by atoms with E-state index in [1.54, 1.807) is 54.6 Å². The van der Waals surface area contributed by atoms with E-state index in [9.17, 15) is 19.2 Å². The van der Waals surface area contributed by atoms with Gasteiger partial charge in [0, 0.05) is 22.6 Å². The second-order valence-electron chi connectivity index (χ2n) is 6.25. The highest BCUT2D eigenvalue weighted by Crippen LogP contribution is 2.18. The Kier molecular flexibility index (Phi) is 6.06. The van der Waals surface area contributed by atoms with Crippen molar-refractivity contribution < 1.29 is 23.9 Å². The first-order valence-electron chi connectivity index (χ1n) is 8.56. The van der Waals surface area contributed by atoms with E-state index in [1.807, 2.05) is 0 Å². The molecule has 0 saturated carbocycles. The van der Waals surface area contributed by atoms with E-state index in [-0.39, 0.29) is 18.7 Å². The van der Waals surface area contributed by atoms with Crippen LogP contribution in [0.25, 0.3) is 0 Å². The molecular formula is C20H17ClN2O5. The smallest absolute Gasteiger partial charge is 0.311 e. The SMILES string of the molecule is O=C(COC(=O)C1CC(=O)N(NC(=O)c2ccccc2)C1)c1ccc(Cl)cc1. The van der Waals surface area contributed by atoms with Crippen LogP contribution in [0.3, 0.4) is 0 Å². The summed E-state index contributed by atoms with van der Waals surface area (Å²) in [5.41, 5.74) is 3.25. The summed E-state index contributed by atoms with van der Waals surface area (Å²) < 4.78 is 5.05. The molecule has 3 rings (SSSR count). The quantitative estimate of drug-likeness (QED) is 0.593. The third-order valence-corrected chi connectivity index (χ3v) is 4.49. The van der Waals surface area contributed by atoms with Crippen molar-refractivity contribution in [2.75, 3.05) is 13.2 Å². The van der Waals surface area contributed by atoms with Crippen LogP contribution >= 0.6 is 11.6 Å². The van der Waals surface area contributed by atoms with Crippen LogP contribution < -0.4 is 5.43 Å². The zero-order valence-electron chi connectivity index (χ0n) is 14.8. The number of halogens is 1. The predicted octanol–water partition coefficient (Wildman–Crippen LogP) is 2.26. The number of benzene rings is 2. The second-order valence-corrected chi connectivity index (χ2v) is 6.69. The fraction of sp³-hybridized carbons (Fsp3) is 0.200. The molecule has 0 spiro atoms. The first-order valence-corrected chi connectivity index (χ1v) is 8.93. The summed E-state index contributed by atoms with van der Waals surface area (Å²) in [5.74, 6) is -2.62. The summed E-state index contributed by atoms with van der Waals surface area (Å²) in [6, 6.07) is 14.6. The molecule has 1 unspecified atom stereocenters. The third kappa shape index (κ3) is 4.75. The Morgan fingerprint density at radius 3 is 2.39 bits per heavy atom. The molecule has 0 bridgehead atoms. The van der Waals surface area contributed by atoms with Gasteiger partial charge in [0.15, 0.2) is 12.4 Å². The number of hydrazine groups is 1. The van der Waals surface area contributed by atoms with Crippen molar-refractivity contribution in [3.63, 3.8) is 0 Å². The minimum absolute atomic E-state index is 0.00856. The highest BCUT2D eigenvalue weighted by Gasteiger charge is 2.36. The lowest BCUT2D eigenvalue weighted by atomic mass is 10.1. The Bertz CT molecular complexity index is 899. The molecule has 1 atom stereocenters. The van der Waals surface area contributed by atoms with E-state index in [0.717, 1.165) is 5.01 Å². The Hall–Kier alpha value is -3.19. The molecule has 144 valence electrons. The maximum Gasteiger partial charge on any atom is 0.311 e. The number of Topliss-reactive ketones (excluding diaryl/α,β-unsaturated/α-hetero) is 1. The van der Waals surface area contributed by atoms with Crippen molar-refractivity contribution >= 4 is 35.2 Å². The van der Waals surface area contributed by atoms with Gasteiger partial charge in [-0.05, 0) is 36.4 Å². The van der Waals surface area contributed by atoms with Crippen LogP contribution in [0, 0.1) is 5.92 Å². The average Bonchev–Trinajstić information content (AvgIpc) is 3.07. The standard InChI is InChI=1S/C20H17ClN2O5/c21-16-8-6-13(7-9-16)17(24)12-28-20(27)15-10-18(25)23(11-15)22-19(26)14-4-2-1-3-5-14/h1-9,15H,10-12H2,(H,22,26). The van der Waals surface area contributed by atoms with Gasteiger partial charge in [0.1, 0.15) is 0 Å². The summed E-state index contributed by atoms with van der Waals surface area (Å²) in [4.78, 5) is 48.5.